The van der Waals surface area contributed by atoms with Crippen LogP contribution < -0.4 is 5.32 Å². The number of nitrogens with one attached hydrogen (secondary N) is 1. The van der Waals surface area contributed by atoms with E-state index in [1.165, 1.54) is 25.7 Å². The highest BCUT2D eigenvalue weighted by molar-refractivity contribution is 7.80. The maximum atomic E-state index is 5.43. The van der Waals surface area contributed by atoms with E-state index >= 15 is 0 Å². The molecule has 1 heterocycles. The Balaban J connectivity index is 1.64. The van der Waals surface area contributed by atoms with Gasteiger partial charge in [0.1, 0.15) is 0 Å². The number of nitrogens with zero attached hydrogens (tertiary/aromatic N) is 2. The zero-order chi connectivity index (χ0) is 14.9. The molecule has 0 aromatic carbocycles. The third-order valence-corrected chi connectivity index (χ3v) is 4.34. The van der Waals surface area contributed by atoms with Crippen molar-refractivity contribution >= 4 is 17.3 Å². The van der Waals surface area contributed by atoms with Crippen molar-refractivity contribution in [3.8, 4) is 0 Å². The van der Waals surface area contributed by atoms with Gasteiger partial charge in [0, 0.05) is 38.4 Å². The fourth-order valence-corrected chi connectivity index (χ4v) is 2.72. The lowest BCUT2D eigenvalue weighted by Gasteiger charge is -2.21. The fraction of sp³-hybridized carbons (Fsp3) is 0.529. The standard InChI is InChI=1S/C17H25N3S/c1-20(14-11-16-9-5-6-12-18-16)17(21)19-13-10-15-7-3-2-4-8-15/h5-7,9,12H,2-4,8,10-11,13-14H2,1H3,(H,19,21). The number of rotatable bonds is 6. The van der Waals surface area contributed by atoms with Gasteiger partial charge >= 0.3 is 0 Å². The maximum absolute atomic E-state index is 5.43. The number of thiocarbonyl (C=S) groups is 1. The molecule has 0 aliphatic heterocycles. The molecule has 0 amide bonds. The highest BCUT2D eigenvalue weighted by Crippen LogP contribution is 2.19. The molecule has 4 heteroatoms. The molecule has 1 aromatic heterocycles. The summed E-state index contributed by atoms with van der Waals surface area (Å²) in [6.45, 7) is 1.84. The van der Waals surface area contributed by atoms with Gasteiger partial charge in [-0.1, -0.05) is 17.7 Å². The Morgan fingerprint density at radius 2 is 2.24 bits per heavy atom. The van der Waals surface area contributed by atoms with Crippen LogP contribution in [0.1, 0.15) is 37.8 Å². The summed E-state index contributed by atoms with van der Waals surface area (Å²) in [6, 6.07) is 6.02. The summed E-state index contributed by atoms with van der Waals surface area (Å²) in [4.78, 5) is 6.43. The highest BCUT2D eigenvalue weighted by atomic mass is 32.1. The van der Waals surface area contributed by atoms with Crippen molar-refractivity contribution < 1.29 is 0 Å². The molecule has 21 heavy (non-hydrogen) atoms. The van der Waals surface area contributed by atoms with E-state index in [1.54, 1.807) is 5.57 Å². The molecule has 114 valence electrons. The van der Waals surface area contributed by atoms with Crippen LogP contribution in [0.2, 0.25) is 0 Å². The predicted molar refractivity (Wildman–Crippen MR) is 92.3 cm³/mol. The van der Waals surface area contributed by atoms with Crippen molar-refractivity contribution in [3.63, 3.8) is 0 Å². The van der Waals surface area contributed by atoms with Gasteiger partial charge in [-0.25, -0.2) is 0 Å². The molecule has 0 saturated carbocycles. The number of likely N-dealkylation sites (N-methyl/N-ethyl adjacent to an activating group) is 1. The summed E-state index contributed by atoms with van der Waals surface area (Å²) >= 11 is 5.43. The van der Waals surface area contributed by atoms with Crippen molar-refractivity contribution in [1.82, 2.24) is 15.2 Å². The average molecular weight is 303 g/mol. The van der Waals surface area contributed by atoms with Crippen molar-refractivity contribution in [2.24, 2.45) is 0 Å². The third kappa shape index (κ3) is 5.84. The lowest BCUT2D eigenvalue weighted by Crippen LogP contribution is -2.38. The van der Waals surface area contributed by atoms with Gasteiger partial charge in [-0.3, -0.25) is 4.98 Å². The topological polar surface area (TPSA) is 28.2 Å². The average Bonchev–Trinajstić information content (AvgIpc) is 2.54. The van der Waals surface area contributed by atoms with Gasteiger partial charge < -0.3 is 10.2 Å². The third-order valence-electron chi connectivity index (χ3n) is 3.88. The second-order valence-electron chi connectivity index (χ2n) is 5.58. The molecule has 0 atom stereocenters. The van der Waals surface area contributed by atoms with Crippen LogP contribution in [-0.2, 0) is 6.42 Å². The minimum atomic E-state index is 0.836. The molecule has 3 nitrogen and oxygen atoms in total. The molecule has 1 N–H and O–H groups in total. The molecule has 0 bridgehead atoms. The Morgan fingerprint density at radius 1 is 1.33 bits per heavy atom. The number of pyridine rings is 1. The summed E-state index contributed by atoms with van der Waals surface area (Å²) in [6.07, 6.45) is 11.5. The second-order valence-corrected chi connectivity index (χ2v) is 5.97. The van der Waals surface area contributed by atoms with Crippen LogP contribution in [0.3, 0.4) is 0 Å². The summed E-state index contributed by atoms with van der Waals surface area (Å²) in [7, 11) is 2.04. The normalized spacial score (nSPS) is 14.4. The highest BCUT2D eigenvalue weighted by Gasteiger charge is 2.06. The number of allylic oxidation sites excluding steroid dienone is 1. The minimum Gasteiger partial charge on any atom is -0.362 e. The summed E-state index contributed by atoms with van der Waals surface area (Å²) in [5, 5.41) is 4.20. The van der Waals surface area contributed by atoms with Crippen LogP contribution in [0, 0.1) is 0 Å². The molecule has 2 rings (SSSR count). The summed E-state index contributed by atoms with van der Waals surface area (Å²) in [5.41, 5.74) is 2.70. The molecule has 0 spiro atoms. The molecule has 0 radical (unpaired) electrons. The zero-order valence-corrected chi connectivity index (χ0v) is 13.7. The lowest BCUT2D eigenvalue weighted by molar-refractivity contribution is 0.493. The molecular weight excluding hydrogens is 278 g/mol. The van der Waals surface area contributed by atoms with Crippen LogP contribution in [0.4, 0.5) is 0 Å². The van der Waals surface area contributed by atoms with E-state index in [0.717, 1.165) is 36.7 Å². The minimum absolute atomic E-state index is 0.836. The molecular formula is C17H25N3S. The molecule has 0 saturated heterocycles. The maximum Gasteiger partial charge on any atom is 0.168 e. The van der Waals surface area contributed by atoms with Crippen molar-refractivity contribution in [2.75, 3.05) is 20.1 Å². The molecule has 1 aliphatic rings. The van der Waals surface area contributed by atoms with Crippen LogP contribution in [-0.4, -0.2) is 35.1 Å². The molecule has 1 aromatic rings. The first-order valence-corrected chi connectivity index (χ1v) is 8.23. The van der Waals surface area contributed by atoms with E-state index in [0.29, 0.717) is 0 Å². The second kappa shape index (κ2) is 8.78. The van der Waals surface area contributed by atoms with Gasteiger partial charge in [0.15, 0.2) is 5.11 Å². The quantitative estimate of drug-likeness (QED) is 0.644. The molecule has 0 unspecified atom stereocenters. The van der Waals surface area contributed by atoms with Gasteiger partial charge in [0.25, 0.3) is 0 Å². The van der Waals surface area contributed by atoms with E-state index in [1.807, 2.05) is 25.4 Å². The van der Waals surface area contributed by atoms with Crippen molar-refractivity contribution in [3.05, 3.63) is 41.7 Å². The number of hydrogen-bond donors (Lipinski definition) is 1. The number of aromatic nitrogens is 1. The Morgan fingerprint density at radius 3 is 2.95 bits per heavy atom. The lowest BCUT2D eigenvalue weighted by atomic mass is 9.97. The van der Waals surface area contributed by atoms with E-state index in [4.69, 9.17) is 12.2 Å². The first-order chi connectivity index (χ1) is 10.3. The Bertz CT molecular complexity index is 470. The van der Waals surface area contributed by atoms with Crippen LogP contribution >= 0.6 is 12.2 Å². The van der Waals surface area contributed by atoms with Crippen molar-refractivity contribution in [2.45, 2.75) is 38.5 Å². The SMILES string of the molecule is CN(CCc1ccccn1)C(=S)NCCC1=CCCCC1. The Hall–Kier alpha value is -1.42. The number of hydrogen-bond acceptors (Lipinski definition) is 2. The zero-order valence-electron chi connectivity index (χ0n) is 12.8. The van der Waals surface area contributed by atoms with Gasteiger partial charge in [-0.2, -0.15) is 0 Å². The first-order valence-electron chi connectivity index (χ1n) is 7.82. The Kier molecular flexibility index (Phi) is 6.67. The van der Waals surface area contributed by atoms with Gasteiger partial charge in [0.05, 0.1) is 0 Å². The predicted octanol–water partition coefficient (Wildman–Crippen LogP) is 3.32. The monoisotopic (exact) mass is 303 g/mol. The van der Waals surface area contributed by atoms with Crippen LogP contribution in [0.25, 0.3) is 0 Å². The van der Waals surface area contributed by atoms with E-state index < -0.39 is 0 Å². The van der Waals surface area contributed by atoms with Gasteiger partial charge in [0.2, 0.25) is 0 Å². The van der Waals surface area contributed by atoms with E-state index in [9.17, 15) is 0 Å². The van der Waals surface area contributed by atoms with E-state index in [2.05, 4.69) is 27.3 Å². The van der Waals surface area contributed by atoms with Crippen molar-refractivity contribution in [1.29, 1.82) is 0 Å². The molecule has 0 fully saturated rings. The van der Waals surface area contributed by atoms with Crippen LogP contribution in [0.15, 0.2) is 36.0 Å². The Labute approximate surface area is 133 Å². The van der Waals surface area contributed by atoms with Gasteiger partial charge in [-0.05, 0) is 56.5 Å². The summed E-state index contributed by atoms with van der Waals surface area (Å²) < 4.78 is 0. The summed E-state index contributed by atoms with van der Waals surface area (Å²) in [5.74, 6) is 0. The molecule has 1 aliphatic carbocycles. The first kappa shape index (κ1) is 16.0. The fourth-order valence-electron chi connectivity index (χ4n) is 2.53. The largest absolute Gasteiger partial charge is 0.362 e. The van der Waals surface area contributed by atoms with Gasteiger partial charge in [-0.15, -0.1) is 0 Å². The smallest absolute Gasteiger partial charge is 0.168 e. The van der Waals surface area contributed by atoms with Crippen LogP contribution in [0.5, 0.6) is 0 Å². The van der Waals surface area contributed by atoms with E-state index in [-0.39, 0.29) is 0 Å².